The number of fused-ring (bicyclic) bond motifs is 1. The molecule has 3 rings (SSSR count). The largest absolute Gasteiger partial charge is 0.370 e. The standard InChI is InChI=1S/C18H26N2O/c1-13(19)10-14-11-20(17-7-5-4-6-16(14)17)12-15-8-9-18(2,3)21-15/h4-7,11,13,15H,8-10,12,19H2,1-3H3. The number of para-hydroxylation sites is 1. The fourth-order valence-corrected chi connectivity index (χ4v) is 3.41. The van der Waals surface area contributed by atoms with Crippen LogP contribution in [0.5, 0.6) is 0 Å². The van der Waals surface area contributed by atoms with Crippen molar-refractivity contribution in [3.63, 3.8) is 0 Å². The summed E-state index contributed by atoms with van der Waals surface area (Å²) < 4.78 is 8.49. The molecule has 2 N–H and O–H groups in total. The Morgan fingerprint density at radius 3 is 2.81 bits per heavy atom. The summed E-state index contributed by atoms with van der Waals surface area (Å²) in [6.45, 7) is 7.36. The van der Waals surface area contributed by atoms with Gasteiger partial charge in [-0.1, -0.05) is 18.2 Å². The molecule has 2 unspecified atom stereocenters. The molecule has 21 heavy (non-hydrogen) atoms. The van der Waals surface area contributed by atoms with Gasteiger partial charge in [0.05, 0.1) is 11.7 Å². The van der Waals surface area contributed by atoms with Gasteiger partial charge >= 0.3 is 0 Å². The third-order valence-electron chi connectivity index (χ3n) is 4.37. The molecule has 1 saturated heterocycles. The van der Waals surface area contributed by atoms with Gasteiger partial charge in [-0.15, -0.1) is 0 Å². The number of ether oxygens (including phenoxy) is 1. The lowest BCUT2D eigenvalue weighted by Crippen LogP contribution is -2.22. The van der Waals surface area contributed by atoms with E-state index < -0.39 is 0 Å². The Hall–Kier alpha value is -1.32. The lowest BCUT2D eigenvalue weighted by Gasteiger charge is -2.19. The first kappa shape index (κ1) is 14.6. The van der Waals surface area contributed by atoms with Crippen LogP contribution in [0, 0.1) is 0 Å². The molecule has 1 aliphatic rings. The van der Waals surface area contributed by atoms with Crippen LogP contribution in [0.15, 0.2) is 30.5 Å². The summed E-state index contributed by atoms with van der Waals surface area (Å²) in [5, 5.41) is 1.33. The van der Waals surface area contributed by atoms with Crippen LogP contribution in [0.3, 0.4) is 0 Å². The van der Waals surface area contributed by atoms with Gasteiger partial charge in [-0.05, 0) is 51.7 Å². The molecule has 0 radical (unpaired) electrons. The molecule has 3 nitrogen and oxygen atoms in total. The lowest BCUT2D eigenvalue weighted by atomic mass is 10.1. The van der Waals surface area contributed by atoms with Gasteiger partial charge in [-0.2, -0.15) is 0 Å². The van der Waals surface area contributed by atoms with Gasteiger partial charge in [0.1, 0.15) is 0 Å². The van der Waals surface area contributed by atoms with E-state index in [0.717, 1.165) is 25.8 Å². The van der Waals surface area contributed by atoms with Crippen molar-refractivity contribution < 1.29 is 4.74 Å². The quantitative estimate of drug-likeness (QED) is 0.934. The highest BCUT2D eigenvalue weighted by Crippen LogP contribution is 2.31. The zero-order chi connectivity index (χ0) is 15.0. The molecule has 2 aromatic rings. The maximum absolute atomic E-state index is 6.15. The van der Waals surface area contributed by atoms with Crippen molar-refractivity contribution in [3.8, 4) is 0 Å². The Morgan fingerprint density at radius 1 is 1.38 bits per heavy atom. The molecular formula is C18H26N2O. The van der Waals surface area contributed by atoms with Gasteiger partial charge in [0, 0.05) is 29.7 Å². The SMILES string of the molecule is CC(N)Cc1cn(CC2CCC(C)(C)O2)c2ccccc12. The Morgan fingerprint density at radius 2 is 2.14 bits per heavy atom. The Labute approximate surface area is 127 Å². The minimum Gasteiger partial charge on any atom is -0.370 e. The van der Waals surface area contributed by atoms with Gasteiger partial charge < -0.3 is 15.0 Å². The minimum absolute atomic E-state index is 0.0300. The molecule has 1 aromatic heterocycles. The number of nitrogens with zero attached hydrogens (tertiary/aromatic N) is 1. The first-order valence-electron chi connectivity index (χ1n) is 7.95. The van der Waals surface area contributed by atoms with Crippen molar-refractivity contribution in [3.05, 3.63) is 36.0 Å². The summed E-state index contributed by atoms with van der Waals surface area (Å²) in [6, 6.07) is 8.79. The molecule has 114 valence electrons. The number of hydrogen-bond donors (Lipinski definition) is 1. The van der Waals surface area contributed by atoms with Gasteiger partial charge in [0.15, 0.2) is 0 Å². The van der Waals surface area contributed by atoms with E-state index in [4.69, 9.17) is 10.5 Å². The summed E-state index contributed by atoms with van der Waals surface area (Å²) >= 11 is 0. The average molecular weight is 286 g/mol. The van der Waals surface area contributed by atoms with Crippen LogP contribution in [0.25, 0.3) is 10.9 Å². The highest BCUT2D eigenvalue weighted by atomic mass is 16.5. The van der Waals surface area contributed by atoms with Gasteiger partial charge in [-0.3, -0.25) is 0 Å². The van der Waals surface area contributed by atoms with E-state index in [1.807, 2.05) is 0 Å². The van der Waals surface area contributed by atoms with Crippen LogP contribution < -0.4 is 5.73 Å². The third-order valence-corrected chi connectivity index (χ3v) is 4.37. The normalized spacial score (nSPS) is 22.8. The van der Waals surface area contributed by atoms with Crippen molar-refractivity contribution in [1.29, 1.82) is 0 Å². The summed E-state index contributed by atoms with van der Waals surface area (Å²) in [5.74, 6) is 0. The van der Waals surface area contributed by atoms with E-state index >= 15 is 0 Å². The molecule has 0 aliphatic carbocycles. The topological polar surface area (TPSA) is 40.2 Å². The maximum Gasteiger partial charge on any atom is 0.0762 e. The summed E-state index contributed by atoms with van der Waals surface area (Å²) in [4.78, 5) is 0. The minimum atomic E-state index is 0.0300. The van der Waals surface area contributed by atoms with Crippen LogP contribution in [0.2, 0.25) is 0 Å². The van der Waals surface area contributed by atoms with Gasteiger partial charge in [0.2, 0.25) is 0 Å². The van der Waals surface area contributed by atoms with E-state index in [1.165, 1.54) is 16.5 Å². The molecule has 0 bridgehead atoms. The number of benzene rings is 1. The van der Waals surface area contributed by atoms with Crippen molar-refractivity contribution >= 4 is 10.9 Å². The fraction of sp³-hybridized carbons (Fsp3) is 0.556. The fourth-order valence-electron chi connectivity index (χ4n) is 3.41. The number of aromatic nitrogens is 1. The maximum atomic E-state index is 6.15. The molecule has 0 saturated carbocycles. The van der Waals surface area contributed by atoms with Crippen molar-refractivity contribution in [2.45, 2.75) is 64.3 Å². The highest BCUT2D eigenvalue weighted by Gasteiger charge is 2.31. The third kappa shape index (κ3) is 3.14. The van der Waals surface area contributed by atoms with Crippen LogP contribution in [-0.4, -0.2) is 22.3 Å². The smallest absolute Gasteiger partial charge is 0.0762 e. The predicted molar refractivity (Wildman–Crippen MR) is 87.5 cm³/mol. The summed E-state index contributed by atoms with van der Waals surface area (Å²) in [5.41, 5.74) is 8.66. The second-order valence-corrected chi connectivity index (χ2v) is 7.04. The molecule has 1 fully saturated rings. The Bertz CT molecular complexity index is 627. The van der Waals surface area contributed by atoms with E-state index in [0.29, 0.717) is 6.10 Å². The van der Waals surface area contributed by atoms with Crippen molar-refractivity contribution in [1.82, 2.24) is 4.57 Å². The van der Waals surface area contributed by atoms with Crippen molar-refractivity contribution in [2.24, 2.45) is 5.73 Å². The lowest BCUT2D eigenvalue weighted by molar-refractivity contribution is -0.0212. The van der Waals surface area contributed by atoms with Gasteiger partial charge in [-0.25, -0.2) is 0 Å². The zero-order valence-corrected chi connectivity index (χ0v) is 13.3. The number of rotatable bonds is 4. The molecule has 2 atom stereocenters. The Balaban J connectivity index is 1.88. The van der Waals surface area contributed by atoms with Crippen LogP contribution in [0.4, 0.5) is 0 Å². The molecule has 3 heteroatoms. The first-order valence-corrected chi connectivity index (χ1v) is 7.95. The number of nitrogens with two attached hydrogens (primary N) is 1. The second kappa shape index (κ2) is 5.47. The molecular weight excluding hydrogens is 260 g/mol. The van der Waals surface area contributed by atoms with Crippen LogP contribution in [-0.2, 0) is 17.7 Å². The molecule has 0 amide bonds. The first-order chi connectivity index (χ1) is 9.94. The van der Waals surface area contributed by atoms with Gasteiger partial charge in [0.25, 0.3) is 0 Å². The van der Waals surface area contributed by atoms with Crippen LogP contribution in [0.1, 0.15) is 39.2 Å². The molecule has 1 aromatic carbocycles. The summed E-state index contributed by atoms with van der Waals surface area (Å²) in [7, 11) is 0. The Kier molecular flexibility index (Phi) is 3.80. The van der Waals surface area contributed by atoms with E-state index in [9.17, 15) is 0 Å². The second-order valence-electron chi connectivity index (χ2n) is 7.04. The zero-order valence-electron chi connectivity index (χ0n) is 13.3. The van der Waals surface area contributed by atoms with E-state index in [-0.39, 0.29) is 11.6 Å². The van der Waals surface area contributed by atoms with E-state index in [1.54, 1.807) is 0 Å². The predicted octanol–water partition coefficient (Wildman–Crippen LogP) is 3.49. The average Bonchev–Trinajstić information content (AvgIpc) is 2.91. The molecule has 2 heterocycles. The highest BCUT2D eigenvalue weighted by molar-refractivity contribution is 5.84. The molecule has 1 aliphatic heterocycles. The van der Waals surface area contributed by atoms with E-state index in [2.05, 4.69) is 55.8 Å². The monoisotopic (exact) mass is 286 g/mol. The number of hydrogen-bond acceptors (Lipinski definition) is 2. The van der Waals surface area contributed by atoms with Crippen molar-refractivity contribution in [2.75, 3.05) is 0 Å². The summed E-state index contributed by atoms with van der Waals surface area (Å²) in [6.07, 6.45) is 5.79. The van der Waals surface area contributed by atoms with Crippen LogP contribution >= 0.6 is 0 Å². The molecule has 0 spiro atoms.